The van der Waals surface area contributed by atoms with Crippen molar-refractivity contribution in [3.05, 3.63) is 84.4 Å². The molecule has 1 amide bonds. The number of benzene rings is 3. The number of sulfone groups is 1. The molecule has 3 aromatic carbocycles. The van der Waals surface area contributed by atoms with Gasteiger partial charge >= 0.3 is 0 Å². The highest BCUT2D eigenvalue weighted by Crippen LogP contribution is 2.37. The van der Waals surface area contributed by atoms with E-state index in [1.807, 2.05) is 18.2 Å². The Hall–Kier alpha value is -3.20. The van der Waals surface area contributed by atoms with E-state index in [4.69, 9.17) is 4.74 Å². The fourth-order valence-corrected chi connectivity index (χ4v) is 6.42. The summed E-state index contributed by atoms with van der Waals surface area (Å²) in [7, 11) is -2.55. The highest BCUT2D eigenvalue weighted by molar-refractivity contribution is 7.93. The molecule has 2 N–H and O–H groups in total. The average Bonchev–Trinajstić information content (AvgIpc) is 2.89. The molecule has 8 heteroatoms. The quantitative estimate of drug-likeness (QED) is 0.396. The van der Waals surface area contributed by atoms with Crippen molar-refractivity contribution >= 4 is 15.7 Å². The number of nitrogens with zero attached hydrogens (tertiary/aromatic N) is 1. The van der Waals surface area contributed by atoms with E-state index in [9.17, 15) is 18.4 Å². The van der Waals surface area contributed by atoms with Gasteiger partial charge in [-0.3, -0.25) is 14.9 Å². The molecule has 0 aliphatic carbocycles. The molecule has 0 radical (unpaired) electrons. The maximum absolute atomic E-state index is 13.5. The van der Waals surface area contributed by atoms with Gasteiger partial charge in [-0.15, -0.1) is 0 Å². The number of carbonyl (C=O) groups is 1. The molecule has 0 spiro atoms. The lowest BCUT2D eigenvalue weighted by Gasteiger charge is -2.39. The van der Waals surface area contributed by atoms with Crippen molar-refractivity contribution in [3.63, 3.8) is 0 Å². The van der Waals surface area contributed by atoms with Crippen LogP contribution in [0.5, 0.6) is 5.75 Å². The topological polar surface area (TPSA) is 95.9 Å². The Morgan fingerprint density at radius 3 is 2.09 bits per heavy atom. The third-order valence-corrected chi connectivity index (χ3v) is 9.05. The van der Waals surface area contributed by atoms with Gasteiger partial charge in [0.2, 0.25) is 0 Å². The number of piperidine rings is 1. The summed E-state index contributed by atoms with van der Waals surface area (Å²) in [4.78, 5) is 14.8. The standard InChI is InChI=1S/C26H28N2O5S/c1-33-23-11-13-24(14-12-23)34(31,32)26(25(29)27-30)15-17-28(18-16-26)19-20-7-9-22(10-8-20)21-5-3-2-4-6-21/h2-14,30H,15-19H2,1H3,(H,27,29). The van der Waals surface area contributed by atoms with Crippen molar-refractivity contribution < 1.29 is 23.2 Å². The van der Waals surface area contributed by atoms with Crippen LogP contribution in [0.3, 0.4) is 0 Å². The molecule has 1 aliphatic rings. The second-order valence-electron chi connectivity index (χ2n) is 8.45. The number of amides is 1. The Bertz CT molecular complexity index is 1220. The predicted molar refractivity (Wildman–Crippen MR) is 129 cm³/mol. The van der Waals surface area contributed by atoms with E-state index in [0.717, 1.165) is 16.7 Å². The van der Waals surface area contributed by atoms with Gasteiger partial charge in [-0.25, -0.2) is 13.9 Å². The summed E-state index contributed by atoms with van der Waals surface area (Å²) in [6.07, 6.45) is 0.158. The summed E-state index contributed by atoms with van der Waals surface area (Å²) in [6.45, 7) is 1.46. The minimum Gasteiger partial charge on any atom is -0.497 e. The minimum atomic E-state index is -4.05. The van der Waals surface area contributed by atoms with Gasteiger partial charge in [0.1, 0.15) is 5.75 Å². The first-order valence-corrected chi connectivity index (χ1v) is 12.6. The molecule has 3 aromatic rings. The number of hydroxylamine groups is 1. The number of ether oxygens (including phenoxy) is 1. The largest absolute Gasteiger partial charge is 0.497 e. The van der Waals surface area contributed by atoms with E-state index in [-0.39, 0.29) is 17.7 Å². The van der Waals surface area contributed by atoms with Gasteiger partial charge in [-0.1, -0.05) is 54.6 Å². The normalized spacial score (nSPS) is 16.1. The van der Waals surface area contributed by atoms with Crippen LogP contribution in [-0.2, 0) is 21.2 Å². The molecule has 1 saturated heterocycles. The van der Waals surface area contributed by atoms with Gasteiger partial charge < -0.3 is 4.74 Å². The molecule has 7 nitrogen and oxygen atoms in total. The van der Waals surface area contributed by atoms with Gasteiger partial charge in [0.05, 0.1) is 12.0 Å². The van der Waals surface area contributed by atoms with Crippen LogP contribution in [0.25, 0.3) is 11.1 Å². The van der Waals surface area contributed by atoms with E-state index < -0.39 is 20.5 Å². The Balaban J connectivity index is 1.49. The van der Waals surface area contributed by atoms with Crippen molar-refractivity contribution in [2.75, 3.05) is 20.2 Å². The Kier molecular flexibility index (Phi) is 7.02. The third kappa shape index (κ3) is 4.57. The number of hydrogen-bond donors (Lipinski definition) is 2. The van der Waals surface area contributed by atoms with Crippen molar-refractivity contribution in [2.24, 2.45) is 0 Å². The first kappa shape index (κ1) is 23.9. The fourth-order valence-electron chi connectivity index (χ4n) is 4.46. The zero-order valence-corrected chi connectivity index (χ0v) is 19.8. The highest BCUT2D eigenvalue weighted by Gasteiger charge is 2.52. The van der Waals surface area contributed by atoms with Gasteiger partial charge in [0.25, 0.3) is 5.91 Å². The molecular weight excluding hydrogens is 452 g/mol. The lowest BCUT2D eigenvalue weighted by molar-refractivity contribution is -0.133. The zero-order chi connectivity index (χ0) is 24.2. The Morgan fingerprint density at radius 1 is 0.941 bits per heavy atom. The van der Waals surface area contributed by atoms with Gasteiger partial charge in [-0.2, -0.15) is 0 Å². The molecule has 1 fully saturated rings. The van der Waals surface area contributed by atoms with Gasteiger partial charge in [0.15, 0.2) is 14.6 Å². The minimum absolute atomic E-state index is 0.0295. The van der Waals surface area contributed by atoms with Crippen LogP contribution in [0, 0.1) is 0 Å². The van der Waals surface area contributed by atoms with Gasteiger partial charge in [0, 0.05) is 19.6 Å². The van der Waals surface area contributed by atoms with Crippen LogP contribution in [0.1, 0.15) is 18.4 Å². The third-order valence-electron chi connectivity index (χ3n) is 6.53. The van der Waals surface area contributed by atoms with Crippen LogP contribution >= 0.6 is 0 Å². The number of hydrogen-bond acceptors (Lipinski definition) is 6. The number of rotatable bonds is 7. The fraction of sp³-hybridized carbons (Fsp3) is 0.269. The average molecular weight is 481 g/mol. The second-order valence-corrected chi connectivity index (χ2v) is 10.7. The van der Waals surface area contributed by atoms with E-state index in [1.54, 1.807) is 17.6 Å². The molecule has 178 valence electrons. The summed E-state index contributed by atoms with van der Waals surface area (Å²) in [5, 5.41) is 9.37. The maximum Gasteiger partial charge on any atom is 0.265 e. The van der Waals surface area contributed by atoms with Crippen molar-refractivity contribution in [1.29, 1.82) is 0 Å². The zero-order valence-electron chi connectivity index (χ0n) is 19.0. The molecule has 0 bridgehead atoms. The van der Waals surface area contributed by atoms with Gasteiger partial charge in [-0.05, 0) is 53.8 Å². The lowest BCUT2D eigenvalue weighted by atomic mass is 9.94. The molecule has 0 unspecified atom stereocenters. The summed E-state index contributed by atoms with van der Waals surface area (Å²) in [6, 6.07) is 24.4. The molecule has 1 aliphatic heterocycles. The van der Waals surface area contributed by atoms with E-state index in [0.29, 0.717) is 25.4 Å². The number of carbonyl (C=O) groups excluding carboxylic acids is 1. The van der Waals surface area contributed by atoms with Crippen LogP contribution in [0.4, 0.5) is 0 Å². The number of likely N-dealkylation sites (tertiary alicyclic amines) is 1. The van der Waals surface area contributed by atoms with Crippen molar-refractivity contribution in [1.82, 2.24) is 10.4 Å². The molecule has 0 aromatic heterocycles. The lowest BCUT2D eigenvalue weighted by Crippen LogP contribution is -2.57. The van der Waals surface area contributed by atoms with Crippen molar-refractivity contribution in [3.8, 4) is 16.9 Å². The van der Waals surface area contributed by atoms with Crippen LogP contribution in [0.2, 0.25) is 0 Å². The maximum atomic E-state index is 13.5. The highest BCUT2D eigenvalue weighted by atomic mass is 32.2. The van der Waals surface area contributed by atoms with Crippen LogP contribution < -0.4 is 10.2 Å². The van der Waals surface area contributed by atoms with Crippen molar-refractivity contribution in [2.45, 2.75) is 29.0 Å². The SMILES string of the molecule is COc1ccc(S(=O)(=O)C2(C(=O)NO)CCN(Cc3ccc(-c4ccccc4)cc3)CC2)cc1. The van der Waals surface area contributed by atoms with E-state index in [1.165, 1.54) is 19.2 Å². The first-order chi connectivity index (χ1) is 16.4. The van der Waals surface area contributed by atoms with E-state index in [2.05, 4.69) is 41.3 Å². The summed E-state index contributed by atoms with van der Waals surface area (Å²) >= 11 is 0. The first-order valence-electron chi connectivity index (χ1n) is 11.1. The van der Waals surface area contributed by atoms with Crippen LogP contribution in [0.15, 0.2) is 83.8 Å². The molecule has 4 rings (SSSR count). The monoisotopic (exact) mass is 480 g/mol. The Morgan fingerprint density at radius 2 is 1.53 bits per heavy atom. The van der Waals surface area contributed by atoms with Crippen LogP contribution in [-0.4, -0.2) is 49.4 Å². The molecule has 34 heavy (non-hydrogen) atoms. The summed E-state index contributed by atoms with van der Waals surface area (Å²) < 4.78 is 30.4. The smallest absolute Gasteiger partial charge is 0.265 e. The molecule has 0 atom stereocenters. The second kappa shape index (κ2) is 9.97. The molecule has 0 saturated carbocycles. The molecule has 1 heterocycles. The summed E-state index contributed by atoms with van der Waals surface area (Å²) in [5.74, 6) is -0.372. The predicted octanol–water partition coefficient (Wildman–Crippen LogP) is 3.68. The number of methoxy groups -OCH3 is 1. The number of nitrogens with one attached hydrogen (secondary N) is 1. The Labute approximate surface area is 199 Å². The molecular formula is C26H28N2O5S. The van der Waals surface area contributed by atoms with E-state index >= 15 is 0 Å². The summed E-state index contributed by atoms with van der Waals surface area (Å²) in [5.41, 5.74) is 4.99.